The van der Waals surface area contributed by atoms with Crippen LogP contribution < -0.4 is 15.2 Å². The van der Waals surface area contributed by atoms with Gasteiger partial charge in [0.05, 0.1) is 13.7 Å². The Hall–Kier alpha value is -4.00. The van der Waals surface area contributed by atoms with Crippen LogP contribution in [-0.2, 0) is 17.9 Å². The Morgan fingerprint density at radius 1 is 0.875 bits per heavy atom. The zero-order chi connectivity index (χ0) is 22.8. The molecular formula is C25H26N2O5. The largest absolute Gasteiger partial charge is 0.493 e. The molecule has 0 aliphatic heterocycles. The molecule has 32 heavy (non-hydrogen) atoms. The molecule has 0 fully saturated rings. The van der Waals surface area contributed by atoms with Crippen molar-refractivity contribution in [1.82, 2.24) is 4.90 Å². The number of primary amides is 1. The quantitative estimate of drug-likeness (QED) is 0.521. The van der Waals surface area contributed by atoms with Crippen LogP contribution in [0, 0.1) is 0 Å². The molecule has 0 radical (unpaired) electrons. The molecule has 0 saturated heterocycles. The third-order valence-corrected chi connectivity index (χ3v) is 4.75. The fraction of sp³-hybridized carbons (Fsp3) is 0.200. The van der Waals surface area contributed by atoms with E-state index in [0.29, 0.717) is 30.2 Å². The van der Waals surface area contributed by atoms with Gasteiger partial charge >= 0.3 is 6.09 Å². The van der Waals surface area contributed by atoms with Crippen LogP contribution >= 0.6 is 0 Å². The first-order valence-electron chi connectivity index (χ1n) is 10.2. The van der Waals surface area contributed by atoms with Gasteiger partial charge in [0, 0.05) is 12.1 Å². The highest BCUT2D eigenvalue weighted by molar-refractivity contribution is 5.94. The lowest BCUT2D eigenvalue weighted by Crippen LogP contribution is -2.34. The van der Waals surface area contributed by atoms with Crippen molar-refractivity contribution in [1.29, 1.82) is 0 Å². The van der Waals surface area contributed by atoms with Crippen molar-refractivity contribution in [3.05, 3.63) is 95.6 Å². The zero-order valence-corrected chi connectivity index (χ0v) is 17.9. The summed E-state index contributed by atoms with van der Waals surface area (Å²) in [7, 11) is 1.57. The van der Waals surface area contributed by atoms with E-state index in [1.165, 1.54) is 0 Å². The maximum absolute atomic E-state index is 13.0. The molecule has 0 unspecified atom stereocenters. The number of benzene rings is 3. The minimum absolute atomic E-state index is 0.00329. The van der Waals surface area contributed by atoms with Gasteiger partial charge in [-0.3, -0.25) is 4.79 Å². The molecule has 166 valence electrons. The lowest BCUT2D eigenvalue weighted by atomic mass is 10.1. The van der Waals surface area contributed by atoms with Gasteiger partial charge in [0.2, 0.25) is 0 Å². The normalized spacial score (nSPS) is 10.3. The first-order chi connectivity index (χ1) is 15.6. The first kappa shape index (κ1) is 22.7. The van der Waals surface area contributed by atoms with Gasteiger partial charge in [0.1, 0.15) is 13.2 Å². The van der Waals surface area contributed by atoms with Crippen LogP contribution in [0.3, 0.4) is 0 Å². The van der Waals surface area contributed by atoms with Crippen molar-refractivity contribution in [3.63, 3.8) is 0 Å². The molecule has 3 rings (SSSR count). The Balaban J connectivity index is 1.74. The molecule has 0 aliphatic carbocycles. The maximum Gasteiger partial charge on any atom is 0.404 e. The number of nitrogens with zero attached hydrogens (tertiary/aromatic N) is 1. The van der Waals surface area contributed by atoms with Crippen molar-refractivity contribution in [3.8, 4) is 11.5 Å². The summed E-state index contributed by atoms with van der Waals surface area (Å²) in [5.41, 5.74) is 7.48. The van der Waals surface area contributed by atoms with Gasteiger partial charge in [-0.1, -0.05) is 54.6 Å². The van der Waals surface area contributed by atoms with Crippen LogP contribution in [0.25, 0.3) is 0 Å². The second-order valence-corrected chi connectivity index (χ2v) is 7.02. The smallest absolute Gasteiger partial charge is 0.404 e. The summed E-state index contributed by atoms with van der Waals surface area (Å²) in [6, 6.07) is 24.3. The van der Waals surface area contributed by atoms with Crippen LogP contribution in [0.15, 0.2) is 78.9 Å². The minimum Gasteiger partial charge on any atom is -0.493 e. The SMILES string of the molecule is COc1cc(CN(CCOC(N)=O)C(=O)c2ccccc2)ccc1OCc1ccccc1. The van der Waals surface area contributed by atoms with E-state index in [2.05, 4.69) is 0 Å². The molecular weight excluding hydrogens is 408 g/mol. The van der Waals surface area contributed by atoms with Gasteiger partial charge in [-0.2, -0.15) is 0 Å². The number of amides is 2. The summed E-state index contributed by atoms with van der Waals surface area (Å²) in [4.78, 5) is 25.5. The van der Waals surface area contributed by atoms with Crippen molar-refractivity contribution in [2.45, 2.75) is 13.2 Å². The highest BCUT2D eigenvalue weighted by Crippen LogP contribution is 2.29. The predicted octanol–water partition coefficient (Wildman–Crippen LogP) is 4.01. The average Bonchev–Trinajstić information content (AvgIpc) is 2.83. The molecule has 0 spiro atoms. The van der Waals surface area contributed by atoms with Crippen molar-refractivity contribution >= 4 is 12.0 Å². The molecule has 0 heterocycles. The van der Waals surface area contributed by atoms with Crippen LogP contribution in [0.4, 0.5) is 4.79 Å². The summed E-state index contributed by atoms with van der Waals surface area (Å²) in [5.74, 6) is 0.999. The molecule has 0 aliphatic rings. The van der Waals surface area contributed by atoms with E-state index in [0.717, 1.165) is 11.1 Å². The van der Waals surface area contributed by atoms with Gasteiger partial charge in [-0.15, -0.1) is 0 Å². The molecule has 0 aromatic heterocycles. The van der Waals surface area contributed by atoms with Gasteiger partial charge < -0.3 is 24.8 Å². The number of carbonyl (C=O) groups excluding carboxylic acids is 2. The maximum atomic E-state index is 13.0. The van der Waals surface area contributed by atoms with Gasteiger partial charge in [-0.25, -0.2) is 4.79 Å². The Kier molecular flexibility index (Phi) is 8.09. The number of nitrogens with two attached hydrogens (primary N) is 1. The van der Waals surface area contributed by atoms with Crippen LogP contribution in [0.5, 0.6) is 11.5 Å². The van der Waals surface area contributed by atoms with Gasteiger partial charge in [-0.05, 0) is 35.4 Å². The second-order valence-electron chi connectivity index (χ2n) is 7.02. The molecule has 3 aromatic rings. The molecule has 7 nitrogen and oxygen atoms in total. The molecule has 7 heteroatoms. The van der Waals surface area contributed by atoms with Gasteiger partial charge in [0.25, 0.3) is 5.91 Å². The van der Waals surface area contributed by atoms with Gasteiger partial charge in [0.15, 0.2) is 11.5 Å². The predicted molar refractivity (Wildman–Crippen MR) is 120 cm³/mol. The van der Waals surface area contributed by atoms with E-state index < -0.39 is 6.09 Å². The summed E-state index contributed by atoms with van der Waals surface area (Å²) in [6.45, 7) is 0.916. The lowest BCUT2D eigenvalue weighted by Gasteiger charge is -2.23. The zero-order valence-electron chi connectivity index (χ0n) is 17.9. The number of ether oxygens (including phenoxy) is 3. The Labute approximate surface area is 187 Å². The molecule has 2 amide bonds. The van der Waals surface area contributed by atoms with Crippen molar-refractivity contribution < 1.29 is 23.8 Å². The van der Waals surface area contributed by atoms with E-state index >= 15 is 0 Å². The molecule has 0 atom stereocenters. The highest BCUT2D eigenvalue weighted by atomic mass is 16.5. The fourth-order valence-electron chi connectivity index (χ4n) is 3.16. The fourth-order valence-corrected chi connectivity index (χ4v) is 3.16. The van der Waals surface area contributed by atoms with Crippen molar-refractivity contribution in [2.75, 3.05) is 20.3 Å². The van der Waals surface area contributed by atoms with E-state index in [1.54, 1.807) is 36.3 Å². The molecule has 0 bridgehead atoms. The number of hydrogen-bond donors (Lipinski definition) is 1. The Bertz CT molecular complexity index is 1030. The summed E-state index contributed by atoms with van der Waals surface area (Å²) in [6.07, 6.45) is -0.876. The van der Waals surface area contributed by atoms with E-state index in [1.807, 2.05) is 54.6 Å². The lowest BCUT2D eigenvalue weighted by molar-refractivity contribution is 0.0688. The topological polar surface area (TPSA) is 91.1 Å². The average molecular weight is 434 g/mol. The highest BCUT2D eigenvalue weighted by Gasteiger charge is 2.17. The number of carbonyl (C=O) groups is 2. The minimum atomic E-state index is -0.876. The third-order valence-electron chi connectivity index (χ3n) is 4.75. The first-order valence-corrected chi connectivity index (χ1v) is 10.2. The second kappa shape index (κ2) is 11.4. The molecule has 3 aromatic carbocycles. The van der Waals surface area contributed by atoms with Crippen LogP contribution in [0.1, 0.15) is 21.5 Å². The summed E-state index contributed by atoms with van der Waals surface area (Å²) < 4.78 is 16.2. The van der Waals surface area contributed by atoms with Crippen molar-refractivity contribution in [2.24, 2.45) is 5.73 Å². The van der Waals surface area contributed by atoms with E-state index in [9.17, 15) is 9.59 Å². The van der Waals surface area contributed by atoms with E-state index in [-0.39, 0.29) is 19.1 Å². The van der Waals surface area contributed by atoms with E-state index in [4.69, 9.17) is 19.9 Å². The number of methoxy groups -OCH3 is 1. The summed E-state index contributed by atoms with van der Waals surface area (Å²) in [5, 5.41) is 0. The van der Waals surface area contributed by atoms with Crippen LogP contribution in [0.2, 0.25) is 0 Å². The number of rotatable bonds is 10. The molecule has 2 N–H and O–H groups in total. The monoisotopic (exact) mass is 434 g/mol. The molecule has 0 saturated carbocycles. The number of hydrogen-bond acceptors (Lipinski definition) is 5. The van der Waals surface area contributed by atoms with Crippen LogP contribution in [-0.4, -0.2) is 37.2 Å². The standard InChI is InChI=1S/C25H26N2O5/c1-30-23-16-20(12-13-22(23)32-18-19-8-4-2-5-9-19)17-27(14-15-31-25(26)29)24(28)21-10-6-3-7-11-21/h2-13,16H,14-15,17-18H2,1H3,(H2,26,29). The summed E-state index contributed by atoms with van der Waals surface area (Å²) >= 11 is 0. The Morgan fingerprint density at radius 2 is 1.56 bits per heavy atom. The Morgan fingerprint density at radius 3 is 2.22 bits per heavy atom. The third kappa shape index (κ3) is 6.50.